The Morgan fingerprint density at radius 1 is 1.70 bits per heavy atom. The molecule has 0 bridgehead atoms. The summed E-state index contributed by atoms with van der Waals surface area (Å²) >= 11 is 6.16. The molecule has 0 N–H and O–H groups in total. The van der Waals surface area contributed by atoms with Gasteiger partial charge >= 0.3 is 0 Å². The van der Waals surface area contributed by atoms with Gasteiger partial charge < -0.3 is 9.53 Å². The summed E-state index contributed by atoms with van der Waals surface area (Å²) in [6, 6.07) is 0. The van der Waals surface area contributed by atoms with Crippen LogP contribution >= 0.6 is 31.9 Å². The van der Waals surface area contributed by atoms with E-state index >= 15 is 0 Å². The Labute approximate surface area is 78.6 Å². The quantitative estimate of drug-likeness (QED) is 0.582. The van der Waals surface area contributed by atoms with E-state index in [2.05, 4.69) is 36.6 Å². The van der Waals surface area contributed by atoms with Gasteiger partial charge in [0.15, 0.2) is 0 Å². The fourth-order valence-corrected chi connectivity index (χ4v) is 0.189. The maximum atomic E-state index is 9.66. The molecule has 4 heteroatoms. The lowest BCUT2D eigenvalue weighted by molar-refractivity contribution is -0.107. The van der Waals surface area contributed by atoms with Crippen LogP contribution in [0.1, 0.15) is 6.92 Å². The van der Waals surface area contributed by atoms with Gasteiger partial charge in [0.25, 0.3) is 0 Å². The minimum Gasteiger partial charge on any atom is -0.385 e. The molecule has 2 nitrogen and oxygen atoms in total. The smallest absolute Gasteiger partial charge is 0.134 e. The second kappa shape index (κ2) is 12.3. The van der Waals surface area contributed by atoms with E-state index < -0.39 is 0 Å². The number of carbonyl (C=O) groups excluding carboxylic acids is 1. The van der Waals surface area contributed by atoms with Gasteiger partial charge in [0.05, 0.1) is 4.83 Å². The summed E-state index contributed by atoms with van der Waals surface area (Å²) in [4.78, 5) is 9.64. The third kappa shape index (κ3) is 15.8. The van der Waals surface area contributed by atoms with Crippen molar-refractivity contribution in [3.63, 3.8) is 0 Å². The second-order valence-electron chi connectivity index (χ2n) is 1.38. The van der Waals surface area contributed by atoms with Crippen LogP contribution in [0.5, 0.6) is 0 Å². The van der Waals surface area contributed by atoms with Gasteiger partial charge in [-0.3, -0.25) is 0 Å². The van der Waals surface area contributed by atoms with Crippen molar-refractivity contribution in [2.45, 2.75) is 11.8 Å². The minimum atomic E-state index is -0.0162. The highest BCUT2D eigenvalue weighted by atomic mass is 79.9. The predicted molar refractivity (Wildman–Crippen MR) is 50.1 cm³/mol. The van der Waals surface area contributed by atoms with Gasteiger partial charge in [-0.05, 0) is 6.92 Å². The van der Waals surface area contributed by atoms with Crippen molar-refractivity contribution in [2.24, 2.45) is 0 Å². The molecule has 1 atom stereocenters. The summed E-state index contributed by atoms with van der Waals surface area (Å²) in [5, 5.41) is 0.691. The number of halogens is 2. The number of ether oxygens (including phenoxy) is 1. The van der Waals surface area contributed by atoms with Crippen LogP contribution < -0.4 is 0 Å². The Hall–Kier alpha value is 0.590. The number of alkyl halides is 2. The molecule has 0 aromatic rings. The molecule has 0 heterocycles. The van der Waals surface area contributed by atoms with E-state index in [1.165, 1.54) is 0 Å². The normalized spacial score (nSPS) is 11.2. The van der Waals surface area contributed by atoms with Gasteiger partial charge in [-0.25, -0.2) is 0 Å². The van der Waals surface area contributed by atoms with Crippen LogP contribution in [-0.4, -0.2) is 30.2 Å². The molecule has 1 unspecified atom stereocenters. The average molecular weight is 276 g/mol. The lowest BCUT2D eigenvalue weighted by atomic mass is 10.6. The van der Waals surface area contributed by atoms with Crippen molar-refractivity contribution in [1.29, 1.82) is 0 Å². The highest BCUT2D eigenvalue weighted by Gasteiger charge is 1.93. The van der Waals surface area contributed by atoms with Crippen molar-refractivity contribution in [3.8, 4) is 0 Å². The van der Waals surface area contributed by atoms with Crippen molar-refractivity contribution in [2.75, 3.05) is 19.0 Å². The van der Waals surface area contributed by atoms with Crippen molar-refractivity contribution < 1.29 is 9.53 Å². The lowest BCUT2D eigenvalue weighted by Gasteiger charge is -1.85. The maximum Gasteiger partial charge on any atom is 0.134 e. The Morgan fingerprint density at radius 2 is 2.10 bits per heavy atom. The Bertz CT molecular complexity index is 66.8. The molecule has 0 aliphatic heterocycles. The first kappa shape index (κ1) is 13.2. The van der Waals surface area contributed by atoms with Gasteiger partial charge in [-0.1, -0.05) is 31.9 Å². The number of aldehydes is 1. The van der Waals surface area contributed by atoms with Gasteiger partial charge in [-0.15, -0.1) is 0 Å². The monoisotopic (exact) mass is 274 g/mol. The third-order valence-corrected chi connectivity index (χ3v) is 2.69. The largest absolute Gasteiger partial charge is 0.385 e. The topological polar surface area (TPSA) is 26.3 Å². The standard InChI is InChI=1S/C3H4Br2O.C3H8O/c4-1-3(5)2-6;1-3-4-2/h2-3H,1H2;3H2,1-2H3. The molecule has 0 saturated heterocycles. The molecule has 62 valence electrons. The summed E-state index contributed by atoms with van der Waals surface area (Å²) in [6.07, 6.45) is 0.842. The molecular weight excluding hydrogens is 264 g/mol. The van der Waals surface area contributed by atoms with Crippen LogP contribution in [0.3, 0.4) is 0 Å². The maximum absolute atomic E-state index is 9.66. The van der Waals surface area contributed by atoms with Crippen molar-refractivity contribution in [3.05, 3.63) is 0 Å². The molecule has 10 heavy (non-hydrogen) atoms. The zero-order valence-corrected chi connectivity index (χ0v) is 9.31. The van der Waals surface area contributed by atoms with E-state index in [0.717, 1.165) is 12.9 Å². The number of hydrogen-bond donors (Lipinski definition) is 0. The first-order valence-corrected chi connectivity index (χ1v) is 4.90. The number of carbonyl (C=O) groups is 1. The van der Waals surface area contributed by atoms with E-state index in [4.69, 9.17) is 0 Å². The van der Waals surface area contributed by atoms with E-state index in [0.29, 0.717) is 5.33 Å². The molecule has 0 aromatic carbocycles. The van der Waals surface area contributed by atoms with Crippen LogP contribution in [0.25, 0.3) is 0 Å². The Morgan fingerprint density at radius 3 is 2.10 bits per heavy atom. The fraction of sp³-hybridized carbons (Fsp3) is 0.833. The molecule has 0 aliphatic carbocycles. The number of rotatable bonds is 3. The SMILES string of the molecule is CCOC.O=CC(Br)CBr. The van der Waals surface area contributed by atoms with Gasteiger partial charge in [0, 0.05) is 19.0 Å². The molecule has 0 aliphatic rings. The number of hydrogen-bond acceptors (Lipinski definition) is 2. The summed E-state index contributed by atoms with van der Waals surface area (Å²) < 4.78 is 4.54. The van der Waals surface area contributed by atoms with Gasteiger partial charge in [-0.2, -0.15) is 0 Å². The van der Waals surface area contributed by atoms with Crippen LogP contribution in [-0.2, 0) is 9.53 Å². The predicted octanol–water partition coefficient (Wildman–Crippen LogP) is 2.00. The second-order valence-corrected chi connectivity index (χ2v) is 3.21. The average Bonchev–Trinajstić information content (AvgIpc) is 2.03. The van der Waals surface area contributed by atoms with Crippen LogP contribution in [0.2, 0.25) is 0 Å². The van der Waals surface area contributed by atoms with E-state index in [1.54, 1.807) is 7.11 Å². The fourth-order valence-electron chi connectivity index (χ4n) is 0.0364. The third-order valence-electron chi connectivity index (χ3n) is 0.584. The van der Waals surface area contributed by atoms with Crippen molar-refractivity contribution in [1.82, 2.24) is 0 Å². The summed E-state index contributed by atoms with van der Waals surface area (Å²) in [5.74, 6) is 0. The molecule has 0 amide bonds. The summed E-state index contributed by atoms with van der Waals surface area (Å²) in [7, 11) is 1.68. The highest BCUT2D eigenvalue weighted by molar-refractivity contribution is 9.12. The van der Waals surface area contributed by atoms with E-state index in [1.807, 2.05) is 6.92 Å². The van der Waals surface area contributed by atoms with Gasteiger partial charge in [0.1, 0.15) is 6.29 Å². The van der Waals surface area contributed by atoms with Gasteiger partial charge in [0.2, 0.25) is 0 Å². The first-order valence-electron chi connectivity index (χ1n) is 2.87. The minimum absolute atomic E-state index is 0.0162. The summed E-state index contributed by atoms with van der Waals surface area (Å²) in [6.45, 7) is 2.78. The molecule has 0 fully saturated rings. The Balaban J connectivity index is 0. The van der Waals surface area contributed by atoms with Crippen molar-refractivity contribution >= 4 is 38.1 Å². The van der Waals surface area contributed by atoms with E-state index in [-0.39, 0.29) is 4.83 Å². The zero-order valence-electron chi connectivity index (χ0n) is 6.14. The highest BCUT2D eigenvalue weighted by Crippen LogP contribution is 1.97. The first-order chi connectivity index (χ1) is 4.72. The molecule has 0 radical (unpaired) electrons. The van der Waals surface area contributed by atoms with E-state index in [9.17, 15) is 4.79 Å². The molecule has 0 rings (SSSR count). The molecule has 0 saturated carbocycles. The molecular formula is C6H12Br2O2. The molecule has 0 aromatic heterocycles. The van der Waals surface area contributed by atoms with Crippen LogP contribution in [0.4, 0.5) is 0 Å². The molecule has 0 spiro atoms. The van der Waals surface area contributed by atoms with Crippen LogP contribution in [0, 0.1) is 0 Å². The lowest BCUT2D eigenvalue weighted by Crippen LogP contribution is -1.97. The Kier molecular flexibility index (Phi) is 16.2. The number of methoxy groups -OCH3 is 1. The summed E-state index contributed by atoms with van der Waals surface area (Å²) in [5.41, 5.74) is 0. The zero-order chi connectivity index (χ0) is 8.41. The van der Waals surface area contributed by atoms with Crippen LogP contribution in [0.15, 0.2) is 0 Å².